The predicted molar refractivity (Wildman–Crippen MR) is 89.4 cm³/mol. The molecule has 0 radical (unpaired) electrons. The second-order valence-corrected chi connectivity index (χ2v) is 6.20. The van der Waals surface area contributed by atoms with Gasteiger partial charge in [0.05, 0.1) is 18.3 Å². The molecule has 0 N–H and O–H groups in total. The largest absolute Gasteiger partial charge is 0.573 e. The molecule has 0 bridgehead atoms. The molecule has 0 aliphatic carbocycles. The minimum atomic E-state index is -4.74. The molecule has 0 spiro atoms. The first-order chi connectivity index (χ1) is 12.9. The Morgan fingerprint density at radius 2 is 1.96 bits per heavy atom. The smallest absolute Gasteiger partial charge is 0.406 e. The van der Waals surface area contributed by atoms with Crippen molar-refractivity contribution in [2.24, 2.45) is 0 Å². The molecule has 3 aromatic rings. The number of oxazole rings is 1. The van der Waals surface area contributed by atoms with Crippen molar-refractivity contribution in [3.63, 3.8) is 0 Å². The minimum Gasteiger partial charge on any atom is -0.406 e. The van der Waals surface area contributed by atoms with Gasteiger partial charge in [0.1, 0.15) is 5.75 Å². The molecule has 6 nitrogen and oxygen atoms in total. The summed E-state index contributed by atoms with van der Waals surface area (Å²) in [4.78, 5) is 16.6. The third kappa shape index (κ3) is 3.82. The lowest BCUT2D eigenvalue weighted by molar-refractivity contribution is -0.274. The van der Waals surface area contributed by atoms with E-state index in [4.69, 9.17) is 9.15 Å². The average Bonchev–Trinajstić information content (AvgIpc) is 3.23. The Bertz CT molecular complexity index is 1000. The fourth-order valence-corrected chi connectivity index (χ4v) is 3.09. The van der Waals surface area contributed by atoms with Crippen LogP contribution in [0, 0.1) is 0 Å². The molecule has 0 unspecified atom stereocenters. The highest BCUT2D eigenvalue weighted by Crippen LogP contribution is 2.27. The highest BCUT2D eigenvalue weighted by Gasteiger charge is 2.31. The number of pyridine rings is 1. The van der Waals surface area contributed by atoms with E-state index in [1.165, 1.54) is 28.8 Å². The molecular formula is C18H15F3N2O4. The Morgan fingerprint density at radius 3 is 2.63 bits per heavy atom. The number of alkyl halides is 3. The molecule has 142 valence electrons. The van der Waals surface area contributed by atoms with E-state index in [0.29, 0.717) is 35.6 Å². The number of aromatic nitrogens is 2. The molecule has 1 aromatic carbocycles. The number of rotatable bonds is 4. The lowest BCUT2D eigenvalue weighted by Crippen LogP contribution is -2.23. The van der Waals surface area contributed by atoms with E-state index in [0.717, 1.165) is 12.8 Å². The van der Waals surface area contributed by atoms with Gasteiger partial charge in [-0.05, 0) is 49.2 Å². The van der Waals surface area contributed by atoms with Crippen molar-refractivity contribution in [2.45, 2.75) is 31.9 Å². The number of hydrogen-bond acceptors (Lipinski definition) is 5. The zero-order valence-electron chi connectivity index (χ0n) is 14.0. The molecule has 1 saturated heterocycles. The molecule has 9 heteroatoms. The van der Waals surface area contributed by atoms with Crippen molar-refractivity contribution in [1.29, 1.82) is 0 Å². The number of benzene rings is 1. The molecule has 0 amide bonds. The van der Waals surface area contributed by atoms with Crippen LogP contribution in [0.5, 0.6) is 5.75 Å². The number of nitrogens with zero attached hydrogens (tertiary/aromatic N) is 2. The van der Waals surface area contributed by atoms with Crippen molar-refractivity contribution in [2.75, 3.05) is 6.61 Å². The summed E-state index contributed by atoms with van der Waals surface area (Å²) >= 11 is 0. The van der Waals surface area contributed by atoms with Crippen LogP contribution in [0.2, 0.25) is 0 Å². The second kappa shape index (κ2) is 6.73. The highest BCUT2D eigenvalue weighted by atomic mass is 19.4. The summed E-state index contributed by atoms with van der Waals surface area (Å²) in [5.74, 6) is -0.829. The average molecular weight is 380 g/mol. The van der Waals surface area contributed by atoms with Gasteiger partial charge >= 0.3 is 12.1 Å². The maximum Gasteiger partial charge on any atom is 0.573 e. The predicted octanol–water partition coefficient (Wildman–Crippen LogP) is 3.73. The Kier molecular flexibility index (Phi) is 4.39. The first-order valence-electron chi connectivity index (χ1n) is 8.37. The zero-order valence-corrected chi connectivity index (χ0v) is 14.0. The monoisotopic (exact) mass is 380 g/mol. The van der Waals surface area contributed by atoms with Gasteiger partial charge in [-0.3, -0.25) is 4.57 Å². The standard InChI is InChI=1S/C18H15F3N2O4/c19-18(20,21)27-12-5-3-11(4-6-12)14-7-8-15-16(22-14)23(17(24)26-15)10-13-2-1-9-25-13/h3-8,13H,1-2,9-10H2/t13-/m1/s1. The fourth-order valence-electron chi connectivity index (χ4n) is 3.09. The molecular weight excluding hydrogens is 365 g/mol. The summed E-state index contributed by atoms with van der Waals surface area (Å²) in [6, 6.07) is 8.62. The van der Waals surface area contributed by atoms with Gasteiger partial charge in [-0.25, -0.2) is 9.78 Å². The number of ether oxygens (including phenoxy) is 2. The van der Waals surface area contributed by atoms with Gasteiger partial charge in [0.15, 0.2) is 11.2 Å². The fraction of sp³-hybridized carbons (Fsp3) is 0.333. The van der Waals surface area contributed by atoms with E-state index in [1.807, 2.05) is 0 Å². The topological polar surface area (TPSA) is 66.5 Å². The summed E-state index contributed by atoms with van der Waals surface area (Å²) in [6.07, 6.45) is -3.00. The van der Waals surface area contributed by atoms with Crippen molar-refractivity contribution in [1.82, 2.24) is 9.55 Å². The highest BCUT2D eigenvalue weighted by molar-refractivity contribution is 5.73. The summed E-state index contributed by atoms with van der Waals surface area (Å²) in [5.41, 5.74) is 1.81. The molecule has 1 aliphatic heterocycles. The lowest BCUT2D eigenvalue weighted by Gasteiger charge is -2.10. The van der Waals surface area contributed by atoms with Gasteiger partial charge in [0.2, 0.25) is 0 Å². The maximum atomic E-state index is 12.3. The van der Waals surface area contributed by atoms with Crippen LogP contribution in [0.25, 0.3) is 22.5 Å². The molecule has 4 rings (SSSR count). The van der Waals surface area contributed by atoms with E-state index < -0.39 is 12.1 Å². The summed E-state index contributed by atoms with van der Waals surface area (Å²) < 4.78 is 52.9. The van der Waals surface area contributed by atoms with Gasteiger partial charge in [0.25, 0.3) is 0 Å². The van der Waals surface area contributed by atoms with Crippen LogP contribution in [0.15, 0.2) is 45.6 Å². The van der Waals surface area contributed by atoms with Crippen LogP contribution in [-0.4, -0.2) is 28.6 Å². The Labute approximate surface area is 151 Å². The van der Waals surface area contributed by atoms with Crippen LogP contribution in [0.3, 0.4) is 0 Å². The van der Waals surface area contributed by atoms with Crippen molar-refractivity contribution in [3.8, 4) is 17.0 Å². The number of fused-ring (bicyclic) bond motifs is 1. The maximum absolute atomic E-state index is 12.3. The molecule has 27 heavy (non-hydrogen) atoms. The lowest BCUT2D eigenvalue weighted by atomic mass is 10.1. The van der Waals surface area contributed by atoms with Crippen molar-refractivity contribution >= 4 is 11.2 Å². The molecule has 3 heterocycles. The normalized spacial score (nSPS) is 17.5. The third-order valence-corrected chi connectivity index (χ3v) is 4.31. The van der Waals surface area contributed by atoms with Crippen LogP contribution < -0.4 is 10.5 Å². The van der Waals surface area contributed by atoms with Gasteiger partial charge in [-0.15, -0.1) is 13.2 Å². The Balaban J connectivity index is 1.65. The van der Waals surface area contributed by atoms with E-state index in [2.05, 4.69) is 9.72 Å². The van der Waals surface area contributed by atoms with Crippen LogP contribution in [0.1, 0.15) is 12.8 Å². The van der Waals surface area contributed by atoms with Gasteiger partial charge in [-0.2, -0.15) is 0 Å². The minimum absolute atomic E-state index is 0.0623. The quantitative estimate of drug-likeness (QED) is 0.690. The van der Waals surface area contributed by atoms with Gasteiger partial charge in [0, 0.05) is 12.2 Å². The molecule has 2 aromatic heterocycles. The van der Waals surface area contributed by atoms with Crippen LogP contribution in [-0.2, 0) is 11.3 Å². The summed E-state index contributed by atoms with van der Waals surface area (Å²) in [5, 5.41) is 0. The summed E-state index contributed by atoms with van der Waals surface area (Å²) in [6.45, 7) is 1.01. The van der Waals surface area contributed by atoms with E-state index >= 15 is 0 Å². The van der Waals surface area contributed by atoms with Crippen LogP contribution >= 0.6 is 0 Å². The zero-order chi connectivity index (χ0) is 19.0. The SMILES string of the molecule is O=c1oc2ccc(-c3ccc(OC(F)(F)F)cc3)nc2n1C[C@H]1CCCO1. The van der Waals surface area contributed by atoms with Crippen LogP contribution in [0.4, 0.5) is 13.2 Å². The second-order valence-electron chi connectivity index (χ2n) is 6.20. The first kappa shape index (κ1) is 17.6. The van der Waals surface area contributed by atoms with Gasteiger partial charge < -0.3 is 13.9 Å². The molecule has 1 atom stereocenters. The van der Waals surface area contributed by atoms with E-state index in [9.17, 15) is 18.0 Å². The Morgan fingerprint density at radius 1 is 1.19 bits per heavy atom. The van der Waals surface area contributed by atoms with Crippen molar-refractivity contribution in [3.05, 3.63) is 46.9 Å². The number of halogens is 3. The molecule has 1 fully saturated rings. The summed E-state index contributed by atoms with van der Waals surface area (Å²) in [7, 11) is 0. The van der Waals surface area contributed by atoms with Crippen molar-refractivity contribution < 1.29 is 27.1 Å². The third-order valence-electron chi connectivity index (χ3n) is 4.31. The molecule has 0 saturated carbocycles. The number of hydrogen-bond donors (Lipinski definition) is 0. The van der Waals surface area contributed by atoms with E-state index in [1.54, 1.807) is 12.1 Å². The first-order valence-corrected chi connectivity index (χ1v) is 8.37. The Hall–Kier alpha value is -2.81. The van der Waals surface area contributed by atoms with Gasteiger partial charge in [-0.1, -0.05) is 0 Å². The molecule has 1 aliphatic rings. The van der Waals surface area contributed by atoms with E-state index in [-0.39, 0.29) is 11.9 Å².